The van der Waals surface area contributed by atoms with E-state index in [1.807, 2.05) is 61.5 Å². The summed E-state index contributed by atoms with van der Waals surface area (Å²) in [7, 11) is 1.57. The average Bonchev–Trinajstić information content (AvgIpc) is 2.83. The highest BCUT2D eigenvalue weighted by atomic mass is 32.2. The number of thioether (sulfide) groups is 1. The largest absolute Gasteiger partial charge is 0.496 e. The summed E-state index contributed by atoms with van der Waals surface area (Å²) in [4.78, 5) is 34.2. The molecule has 0 fully saturated rings. The summed E-state index contributed by atoms with van der Waals surface area (Å²) in [6, 6.07) is 16.9. The van der Waals surface area contributed by atoms with Gasteiger partial charge in [-0.05, 0) is 24.3 Å². The molecule has 3 aromatic rings. The Kier molecular flexibility index (Phi) is 6.84. The number of aromatic nitrogens is 2. The molecule has 1 unspecified atom stereocenters. The monoisotopic (exact) mass is 463 g/mol. The minimum Gasteiger partial charge on any atom is -0.496 e. The maximum atomic E-state index is 13.4. The molecule has 0 radical (unpaired) electrons. The molecule has 2 N–H and O–H groups in total. The van der Waals surface area contributed by atoms with Gasteiger partial charge >= 0.3 is 5.97 Å². The highest BCUT2D eigenvalue weighted by molar-refractivity contribution is 7.99. The van der Waals surface area contributed by atoms with Crippen LogP contribution in [0.4, 0.5) is 5.82 Å². The first-order chi connectivity index (χ1) is 16.1. The van der Waals surface area contributed by atoms with Gasteiger partial charge in [0.15, 0.2) is 5.16 Å². The second-order valence-electron chi connectivity index (χ2n) is 7.24. The molecule has 2 aromatic carbocycles. The van der Waals surface area contributed by atoms with Gasteiger partial charge in [-0.1, -0.05) is 67.2 Å². The third-order valence-electron chi connectivity index (χ3n) is 5.31. The molecule has 0 bridgehead atoms. The number of ether oxygens (including phenoxy) is 2. The number of benzene rings is 2. The first-order valence-electron chi connectivity index (χ1n) is 10.7. The Morgan fingerprint density at radius 3 is 2.52 bits per heavy atom. The van der Waals surface area contributed by atoms with Gasteiger partial charge in [0.05, 0.1) is 36.5 Å². The minimum absolute atomic E-state index is 0.205. The molecule has 170 valence electrons. The fourth-order valence-electron chi connectivity index (χ4n) is 3.98. The van der Waals surface area contributed by atoms with Crippen molar-refractivity contribution in [2.75, 3.05) is 24.8 Å². The Morgan fingerprint density at radius 1 is 1.09 bits per heavy atom. The zero-order valence-corrected chi connectivity index (χ0v) is 19.5. The van der Waals surface area contributed by atoms with Crippen molar-refractivity contribution in [2.24, 2.45) is 0 Å². The molecule has 0 saturated heterocycles. The summed E-state index contributed by atoms with van der Waals surface area (Å²) >= 11 is 1.44. The lowest BCUT2D eigenvalue weighted by Gasteiger charge is -2.30. The summed E-state index contributed by atoms with van der Waals surface area (Å²) in [5, 5.41) is 3.79. The Balaban J connectivity index is 2.06. The van der Waals surface area contributed by atoms with Crippen molar-refractivity contribution in [3.63, 3.8) is 0 Å². The number of H-pyrrole nitrogens is 1. The predicted octanol–water partition coefficient (Wildman–Crippen LogP) is 4.42. The Hall–Kier alpha value is -3.52. The van der Waals surface area contributed by atoms with Gasteiger partial charge in [-0.25, -0.2) is 9.78 Å². The van der Waals surface area contributed by atoms with Crippen LogP contribution in [0.3, 0.4) is 0 Å². The Labute approximate surface area is 196 Å². The van der Waals surface area contributed by atoms with Crippen LogP contribution < -0.4 is 15.6 Å². The quantitative estimate of drug-likeness (QED) is 0.304. The average molecular weight is 464 g/mol. The van der Waals surface area contributed by atoms with E-state index in [2.05, 4.69) is 15.3 Å². The molecule has 33 heavy (non-hydrogen) atoms. The van der Waals surface area contributed by atoms with E-state index in [-0.39, 0.29) is 12.2 Å². The smallest absolute Gasteiger partial charge is 0.337 e. The number of nitrogens with one attached hydrogen (secondary N) is 2. The zero-order chi connectivity index (χ0) is 23.4. The molecule has 0 aliphatic carbocycles. The normalized spacial score (nSPS) is 14.9. The van der Waals surface area contributed by atoms with Gasteiger partial charge in [0.2, 0.25) is 0 Å². The molecule has 8 heteroatoms. The van der Waals surface area contributed by atoms with E-state index in [1.165, 1.54) is 11.8 Å². The Bertz CT molecular complexity index is 1250. The van der Waals surface area contributed by atoms with Crippen LogP contribution in [0.25, 0.3) is 5.70 Å². The van der Waals surface area contributed by atoms with E-state index < -0.39 is 11.9 Å². The summed E-state index contributed by atoms with van der Waals surface area (Å²) < 4.78 is 11.1. The topological polar surface area (TPSA) is 93.3 Å². The van der Waals surface area contributed by atoms with Crippen molar-refractivity contribution in [1.82, 2.24) is 9.97 Å². The minimum atomic E-state index is -0.733. The first-order valence-corrected chi connectivity index (χ1v) is 11.7. The second-order valence-corrected chi connectivity index (χ2v) is 8.49. The van der Waals surface area contributed by atoms with Crippen LogP contribution in [0.2, 0.25) is 0 Å². The highest BCUT2D eigenvalue weighted by Gasteiger charge is 2.39. The molecule has 4 rings (SSSR count). The van der Waals surface area contributed by atoms with Crippen molar-refractivity contribution in [2.45, 2.75) is 24.9 Å². The van der Waals surface area contributed by atoms with Gasteiger partial charge in [0.25, 0.3) is 5.56 Å². The highest BCUT2D eigenvalue weighted by Crippen LogP contribution is 2.45. The number of nitrogens with zero attached hydrogens (tertiary/aromatic N) is 1. The first kappa shape index (κ1) is 22.7. The third kappa shape index (κ3) is 4.39. The van der Waals surface area contributed by atoms with E-state index in [9.17, 15) is 9.59 Å². The number of rotatable bonds is 7. The number of carbonyl (C=O) groups is 1. The van der Waals surface area contributed by atoms with E-state index in [0.717, 1.165) is 11.3 Å². The number of fused-ring (bicyclic) bond motifs is 1. The molecule has 0 saturated carbocycles. The van der Waals surface area contributed by atoms with Crippen molar-refractivity contribution < 1.29 is 14.3 Å². The van der Waals surface area contributed by atoms with Crippen molar-refractivity contribution >= 4 is 29.2 Å². The zero-order valence-electron chi connectivity index (χ0n) is 18.7. The standard InChI is InChI=1S/C25H25N3O4S/c1-4-32-24(30)19-18(16-13-9-10-14-17(16)31-3)20-22(27-25(33-5-2)28-23(20)29)26-21(19)15-11-7-6-8-12-15/h6-14,18H,4-5H2,1-3H3,(H2,26,27,28,29). The maximum Gasteiger partial charge on any atom is 0.337 e. The van der Waals surface area contributed by atoms with Crippen LogP contribution in [0.1, 0.15) is 36.5 Å². The van der Waals surface area contributed by atoms with Gasteiger partial charge in [-0.2, -0.15) is 0 Å². The molecule has 2 heterocycles. The fraction of sp³-hybridized carbons (Fsp3) is 0.240. The molecule has 1 aromatic heterocycles. The summed E-state index contributed by atoms with van der Waals surface area (Å²) in [6.07, 6.45) is 0. The molecule has 1 atom stereocenters. The molecule has 0 amide bonds. The number of para-hydroxylation sites is 1. The van der Waals surface area contributed by atoms with Crippen molar-refractivity contribution in [3.8, 4) is 5.75 Å². The van der Waals surface area contributed by atoms with E-state index in [1.54, 1.807) is 14.0 Å². The fourth-order valence-corrected chi connectivity index (χ4v) is 4.58. The summed E-state index contributed by atoms with van der Waals surface area (Å²) in [5.74, 6) is 0.501. The number of anilines is 1. The molecule has 1 aliphatic heterocycles. The summed E-state index contributed by atoms with van der Waals surface area (Å²) in [6.45, 7) is 3.95. The lowest BCUT2D eigenvalue weighted by atomic mass is 9.80. The van der Waals surface area contributed by atoms with Crippen LogP contribution >= 0.6 is 11.8 Å². The van der Waals surface area contributed by atoms with Crippen LogP contribution in [0, 0.1) is 0 Å². The third-order valence-corrected chi connectivity index (χ3v) is 6.07. The van der Waals surface area contributed by atoms with Crippen molar-refractivity contribution in [1.29, 1.82) is 0 Å². The van der Waals surface area contributed by atoms with Crippen molar-refractivity contribution in [3.05, 3.63) is 87.2 Å². The van der Waals surface area contributed by atoms with Crippen LogP contribution in [0.15, 0.2) is 70.1 Å². The van der Waals surface area contributed by atoms with Gasteiger partial charge in [-0.3, -0.25) is 4.79 Å². The number of hydrogen-bond donors (Lipinski definition) is 2. The van der Waals surface area contributed by atoms with E-state index in [0.29, 0.717) is 39.1 Å². The molecule has 7 nitrogen and oxygen atoms in total. The Morgan fingerprint density at radius 2 is 1.82 bits per heavy atom. The van der Waals surface area contributed by atoms with Gasteiger partial charge < -0.3 is 19.8 Å². The van der Waals surface area contributed by atoms with Gasteiger partial charge in [-0.15, -0.1) is 0 Å². The van der Waals surface area contributed by atoms with Gasteiger partial charge in [0, 0.05) is 5.56 Å². The molecular weight excluding hydrogens is 438 g/mol. The number of methoxy groups -OCH3 is 1. The maximum absolute atomic E-state index is 13.4. The molecule has 0 spiro atoms. The van der Waals surface area contributed by atoms with E-state index in [4.69, 9.17) is 9.47 Å². The van der Waals surface area contributed by atoms with Crippen LogP contribution in [0.5, 0.6) is 5.75 Å². The van der Waals surface area contributed by atoms with Crippen LogP contribution in [-0.4, -0.2) is 35.4 Å². The number of aromatic amines is 1. The second kappa shape index (κ2) is 9.95. The lowest BCUT2D eigenvalue weighted by molar-refractivity contribution is -0.138. The van der Waals surface area contributed by atoms with E-state index >= 15 is 0 Å². The predicted molar refractivity (Wildman–Crippen MR) is 130 cm³/mol. The SMILES string of the molecule is CCOC(=O)C1=C(c2ccccc2)Nc2nc(SCC)[nH]c(=O)c2C1c1ccccc1OC. The number of hydrogen-bond acceptors (Lipinski definition) is 7. The number of esters is 1. The number of carbonyl (C=O) groups excluding carboxylic acids is 1. The van der Waals surface area contributed by atoms with Crippen LogP contribution in [-0.2, 0) is 9.53 Å². The molecule has 1 aliphatic rings. The summed E-state index contributed by atoms with van der Waals surface area (Å²) in [5.41, 5.74) is 2.41. The molecular formula is C25H25N3O4S. The lowest BCUT2D eigenvalue weighted by Crippen LogP contribution is -2.31. The van der Waals surface area contributed by atoms with Gasteiger partial charge in [0.1, 0.15) is 11.6 Å².